The Balaban J connectivity index is 1.67. The van der Waals surface area contributed by atoms with E-state index in [1.54, 1.807) is 35.0 Å². The van der Waals surface area contributed by atoms with Crippen LogP contribution < -0.4 is 10.5 Å². The number of aromatic nitrogens is 3. The van der Waals surface area contributed by atoms with Gasteiger partial charge in [-0.3, -0.25) is 4.79 Å². The van der Waals surface area contributed by atoms with E-state index < -0.39 is 5.91 Å². The molecule has 1 aliphatic rings. The van der Waals surface area contributed by atoms with Gasteiger partial charge < -0.3 is 10.5 Å². The maximum absolute atomic E-state index is 13.6. The van der Waals surface area contributed by atoms with Crippen molar-refractivity contribution in [2.24, 2.45) is 5.73 Å². The van der Waals surface area contributed by atoms with E-state index in [2.05, 4.69) is 10.1 Å². The SMILES string of the molecule is CSc1cc(Oc2cccc(F)c2)nn2c(-c3ccc(C(N)=O)c(C)c3C3CC3)cnc12. The van der Waals surface area contributed by atoms with Crippen molar-refractivity contribution in [3.63, 3.8) is 0 Å². The van der Waals surface area contributed by atoms with Crippen LogP contribution in [0.5, 0.6) is 11.6 Å². The fourth-order valence-corrected chi connectivity index (χ4v) is 4.61. The number of primary amides is 1. The number of amides is 1. The van der Waals surface area contributed by atoms with Gasteiger partial charge in [-0.15, -0.1) is 16.9 Å². The topological polar surface area (TPSA) is 82.5 Å². The van der Waals surface area contributed by atoms with Crippen LogP contribution in [0.25, 0.3) is 16.9 Å². The summed E-state index contributed by atoms with van der Waals surface area (Å²) in [6.07, 6.45) is 5.89. The van der Waals surface area contributed by atoms with Crippen LogP contribution in [0, 0.1) is 12.7 Å². The van der Waals surface area contributed by atoms with E-state index in [4.69, 9.17) is 10.5 Å². The zero-order valence-electron chi connectivity index (χ0n) is 17.6. The van der Waals surface area contributed by atoms with Crippen LogP contribution in [0.3, 0.4) is 0 Å². The first-order valence-corrected chi connectivity index (χ1v) is 11.5. The summed E-state index contributed by atoms with van der Waals surface area (Å²) in [4.78, 5) is 17.4. The summed E-state index contributed by atoms with van der Waals surface area (Å²) >= 11 is 1.53. The number of carbonyl (C=O) groups excluding carboxylic acids is 1. The lowest BCUT2D eigenvalue weighted by molar-refractivity contribution is 0.0999. The molecule has 2 N–H and O–H groups in total. The predicted octanol–water partition coefficient (Wildman–Crippen LogP) is 5.33. The van der Waals surface area contributed by atoms with Crippen LogP contribution in [0.2, 0.25) is 0 Å². The molecule has 162 valence electrons. The monoisotopic (exact) mass is 448 g/mol. The van der Waals surface area contributed by atoms with Gasteiger partial charge in [0.2, 0.25) is 11.8 Å². The molecule has 0 atom stereocenters. The van der Waals surface area contributed by atoms with Crippen LogP contribution >= 0.6 is 11.8 Å². The Morgan fingerprint density at radius 1 is 1.25 bits per heavy atom. The van der Waals surface area contributed by atoms with Crippen LogP contribution in [0.15, 0.2) is 53.6 Å². The minimum absolute atomic E-state index is 0.338. The summed E-state index contributed by atoms with van der Waals surface area (Å²) in [5.41, 5.74) is 10.6. The van der Waals surface area contributed by atoms with Gasteiger partial charge in [-0.2, -0.15) is 0 Å². The maximum atomic E-state index is 13.6. The molecule has 0 spiro atoms. The predicted molar refractivity (Wildman–Crippen MR) is 122 cm³/mol. The van der Waals surface area contributed by atoms with Crippen molar-refractivity contribution in [1.29, 1.82) is 0 Å². The van der Waals surface area contributed by atoms with Crippen LogP contribution in [0.4, 0.5) is 4.39 Å². The highest BCUT2D eigenvalue weighted by Crippen LogP contribution is 2.47. The Morgan fingerprint density at radius 3 is 2.75 bits per heavy atom. The molecule has 32 heavy (non-hydrogen) atoms. The summed E-state index contributed by atoms with van der Waals surface area (Å²) in [5.74, 6) is 0.288. The molecule has 0 saturated heterocycles. The van der Waals surface area contributed by atoms with E-state index in [9.17, 15) is 9.18 Å². The molecule has 6 nitrogen and oxygen atoms in total. The van der Waals surface area contributed by atoms with Crippen molar-refractivity contribution in [3.8, 4) is 22.9 Å². The molecule has 2 aromatic heterocycles. The van der Waals surface area contributed by atoms with Gasteiger partial charge in [-0.05, 0) is 61.3 Å². The Bertz CT molecular complexity index is 1360. The number of rotatable bonds is 6. The summed E-state index contributed by atoms with van der Waals surface area (Å²) < 4.78 is 21.2. The second-order valence-electron chi connectivity index (χ2n) is 7.83. The molecule has 8 heteroatoms. The van der Waals surface area contributed by atoms with Gasteiger partial charge in [0.1, 0.15) is 11.6 Å². The summed E-state index contributed by atoms with van der Waals surface area (Å²) in [7, 11) is 0. The first-order chi connectivity index (χ1) is 15.5. The second kappa shape index (κ2) is 7.94. The number of imidazole rings is 1. The minimum atomic E-state index is -0.428. The van der Waals surface area contributed by atoms with Gasteiger partial charge in [-0.1, -0.05) is 12.1 Å². The molecule has 1 aliphatic carbocycles. The number of fused-ring (bicyclic) bond motifs is 1. The Hall–Kier alpha value is -3.39. The van der Waals surface area contributed by atoms with Crippen LogP contribution in [0.1, 0.15) is 40.2 Å². The quantitative estimate of drug-likeness (QED) is 0.403. The van der Waals surface area contributed by atoms with E-state index in [-0.39, 0.29) is 5.82 Å². The summed E-state index contributed by atoms with van der Waals surface area (Å²) in [6, 6.07) is 11.4. The highest BCUT2D eigenvalue weighted by atomic mass is 32.2. The van der Waals surface area contributed by atoms with E-state index in [0.29, 0.717) is 28.8 Å². The van der Waals surface area contributed by atoms with Gasteiger partial charge in [0.15, 0.2) is 5.65 Å². The van der Waals surface area contributed by atoms with Gasteiger partial charge in [0.25, 0.3) is 0 Å². The van der Waals surface area contributed by atoms with Crippen molar-refractivity contribution in [2.45, 2.75) is 30.6 Å². The van der Waals surface area contributed by atoms with Crippen LogP contribution in [-0.4, -0.2) is 26.8 Å². The number of nitrogens with two attached hydrogens (primary N) is 1. The van der Waals surface area contributed by atoms with E-state index in [0.717, 1.165) is 40.1 Å². The average molecular weight is 449 g/mol. The Kier molecular flexibility index (Phi) is 5.09. The minimum Gasteiger partial charge on any atom is -0.437 e. The lowest BCUT2D eigenvalue weighted by Gasteiger charge is -2.15. The standard InChI is InChI=1S/C24H21FN4O2S/c1-13-17(23(26)30)8-9-18(22(13)14-6-7-14)19-12-27-24-20(32-2)11-21(28-29(19)24)31-16-5-3-4-15(25)10-16/h3-5,8-12,14H,6-7H2,1-2H3,(H2,26,30). The Labute approximate surface area is 188 Å². The molecule has 1 amide bonds. The number of nitrogens with zero attached hydrogens (tertiary/aromatic N) is 3. The Morgan fingerprint density at radius 2 is 2.06 bits per heavy atom. The molecule has 0 radical (unpaired) electrons. The zero-order chi connectivity index (χ0) is 22.4. The van der Waals surface area contributed by atoms with Gasteiger partial charge in [0, 0.05) is 23.3 Å². The lowest BCUT2D eigenvalue weighted by Crippen LogP contribution is -2.14. The third-order valence-corrected chi connectivity index (χ3v) is 6.43. The highest BCUT2D eigenvalue weighted by Gasteiger charge is 2.31. The van der Waals surface area contributed by atoms with Crippen molar-refractivity contribution < 1.29 is 13.9 Å². The highest BCUT2D eigenvalue weighted by molar-refractivity contribution is 7.98. The van der Waals surface area contributed by atoms with Gasteiger partial charge >= 0.3 is 0 Å². The normalized spacial score (nSPS) is 13.5. The third-order valence-electron chi connectivity index (χ3n) is 5.69. The maximum Gasteiger partial charge on any atom is 0.248 e. The van der Waals surface area contributed by atoms with Gasteiger partial charge in [0.05, 0.1) is 16.8 Å². The average Bonchev–Trinajstić information content (AvgIpc) is 3.51. The number of carbonyl (C=O) groups is 1. The van der Waals surface area contributed by atoms with Crippen molar-refractivity contribution in [3.05, 3.63) is 71.2 Å². The first kappa shape index (κ1) is 20.5. The van der Waals surface area contributed by atoms with E-state index in [1.807, 2.05) is 19.2 Å². The largest absolute Gasteiger partial charge is 0.437 e. The summed E-state index contributed by atoms with van der Waals surface area (Å²) in [5, 5.41) is 4.66. The van der Waals surface area contributed by atoms with E-state index in [1.165, 1.54) is 23.9 Å². The van der Waals surface area contributed by atoms with Gasteiger partial charge in [-0.25, -0.2) is 13.9 Å². The lowest BCUT2D eigenvalue weighted by atomic mass is 9.92. The van der Waals surface area contributed by atoms with Crippen molar-refractivity contribution >= 4 is 23.3 Å². The third kappa shape index (κ3) is 3.60. The number of thioether (sulfide) groups is 1. The molecule has 2 heterocycles. The fraction of sp³-hybridized carbons (Fsp3) is 0.208. The molecule has 0 bridgehead atoms. The molecule has 2 aromatic carbocycles. The molecule has 0 aliphatic heterocycles. The first-order valence-electron chi connectivity index (χ1n) is 10.3. The molecule has 0 unspecified atom stereocenters. The number of hydrogen-bond acceptors (Lipinski definition) is 5. The second-order valence-corrected chi connectivity index (χ2v) is 8.68. The van der Waals surface area contributed by atoms with Crippen LogP contribution in [-0.2, 0) is 0 Å². The molecule has 1 saturated carbocycles. The van der Waals surface area contributed by atoms with E-state index >= 15 is 0 Å². The fourth-order valence-electron chi connectivity index (χ4n) is 4.07. The molecule has 1 fully saturated rings. The zero-order valence-corrected chi connectivity index (χ0v) is 18.4. The number of halogens is 1. The molecular formula is C24H21FN4O2S. The molecule has 4 aromatic rings. The smallest absolute Gasteiger partial charge is 0.248 e. The number of benzene rings is 2. The number of ether oxygens (including phenoxy) is 1. The summed E-state index contributed by atoms with van der Waals surface area (Å²) in [6.45, 7) is 1.94. The molecular weight excluding hydrogens is 427 g/mol. The number of hydrogen-bond donors (Lipinski definition) is 1. The van der Waals surface area contributed by atoms with Crippen molar-refractivity contribution in [1.82, 2.24) is 14.6 Å². The van der Waals surface area contributed by atoms with Crippen molar-refractivity contribution in [2.75, 3.05) is 6.26 Å². The molecule has 5 rings (SSSR count).